The molecular formula is C18H22N2O3. The highest BCUT2D eigenvalue weighted by Gasteiger charge is 2.14. The highest BCUT2D eigenvalue weighted by molar-refractivity contribution is 5.95. The zero-order valence-electron chi connectivity index (χ0n) is 13.7. The summed E-state index contributed by atoms with van der Waals surface area (Å²) in [4.78, 5) is 23.9. The Labute approximate surface area is 136 Å². The molecule has 5 nitrogen and oxygen atoms in total. The van der Waals surface area contributed by atoms with Crippen molar-refractivity contribution >= 4 is 17.6 Å². The molecule has 1 aromatic carbocycles. The lowest BCUT2D eigenvalue weighted by molar-refractivity contribution is -0.119. The third-order valence-electron chi connectivity index (χ3n) is 3.87. The van der Waals surface area contributed by atoms with Crippen LogP contribution in [0.5, 0.6) is 0 Å². The second kappa shape index (κ2) is 7.63. The third-order valence-corrected chi connectivity index (χ3v) is 3.87. The molecule has 122 valence electrons. The van der Waals surface area contributed by atoms with Gasteiger partial charge in [-0.3, -0.25) is 4.79 Å². The van der Waals surface area contributed by atoms with E-state index < -0.39 is 5.97 Å². The monoisotopic (exact) mass is 314 g/mol. The van der Waals surface area contributed by atoms with Crippen LogP contribution in [0.3, 0.4) is 0 Å². The molecule has 0 bridgehead atoms. The average molecular weight is 314 g/mol. The largest absolute Gasteiger partial charge is 0.451 e. The highest BCUT2D eigenvalue weighted by atomic mass is 16.5. The third kappa shape index (κ3) is 4.22. The van der Waals surface area contributed by atoms with Crippen LogP contribution in [-0.4, -0.2) is 23.1 Å². The Hall–Kier alpha value is -2.56. The van der Waals surface area contributed by atoms with E-state index in [-0.39, 0.29) is 12.5 Å². The van der Waals surface area contributed by atoms with E-state index in [1.165, 1.54) is 0 Å². The molecule has 0 fully saturated rings. The first kappa shape index (κ1) is 16.8. The molecule has 0 spiro atoms. The number of aryl methyl sites for hydroxylation is 1. The first-order chi connectivity index (χ1) is 11.0. The number of nitrogens with one attached hydrogen (secondary N) is 1. The van der Waals surface area contributed by atoms with E-state index in [9.17, 15) is 9.59 Å². The van der Waals surface area contributed by atoms with Gasteiger partial charge in [-0.05, 0) is 36.1 Å². The van der Waals surface area contributed by atoms with E-state index in [0.717, 1.165) is 17.7 Å². The summed E-state index contributed by atoms with van der Waals surface area (Å²) in [6.07, 6.45) is 2.73. The topological polar surface area (TPSA) is 60.3 Å². The van der Waals surface area contributed by atoms with Crippen LogP contribution in [0.4, 0.5) is 5.69 Å². The number of esters is 1. The number of ether oxygens (including phenoxy) is 1. The molecule has 1 atom stereocenters. The van der Waals surface area contributed by atoms with Crippen molar-refractivity contribution in [3.05, 3.63) is 53.9 Å². The first-order valence-electron chi connectivity index (χ1n) is 7.70. The second-order valence-electron chi connectivity index (χ2n) is 5.53. The van der Waals surface area contributed by atoms with Gasteiger partial charge in [0.2, 0.25) is 0 Å². The van der Waals surface area contributed by atoms with Crippen LogP contribution in [0.2, 0.25) is 0 Å². The van der Waals surface area contributed by atoms with Crippen LogP contribution in [0.15, 0.2) is 42.6 Å². The van der Waals surface area contributed by atoms with Crippen LogP contribution in [-0.2, 0) is 16.6 Å². The molecule has 1 aromatic heterocycles. The van der Waals surface area contributed by atoms with Crippen molar-refractivity contribution in [2.24, 2.45) is 7.05 Å². The molecule has 0 saturated heterocycles. The molecule has 0 aliphatic heterocycles. The number of carbonyl (C=O) groups excluding carboxylic acids is 2. The molecule has 23 heavy (non-hydrogen) atoms. The second-order valence-corrected chi connectivity index (χ2v) is 5.53. The number of nitrogens with zero attached hydrogens (tertiary/aromatic N) is 1. The fourth-order valence-electron chi connectivity index (χ4n) is 2.32. The highest BCUT2D eigenvalue weighted by Crippen LogP contribution is 2.26. The van der Waals surface area contributed by atoms with Gasteiger partial charge >= 0.3 is 5.97 Å². The van der Waals surface area contributed by atoms with Gasteiger partial charge in [0.15, 0.2) is 6.61 Å². The zero-order chi connectivity index (χ0) is 16.8. The van der Waals surface area contributed by atoms with Gasteiger partial charge in [0.25, 0.3) is 5.91 Å². The average Bonchev–Trinajstić information content (AvgIpc) is 2.98. The Balaban J connectivity index is 1.95. The van der Waals surface area contributed by atoms with Crippen molar-refractivity contribution in [3.8, 4) is 0 Å². The van der Waals surface area contributed by atoms with Gasteiger partial charge in [0.05, 0.1) is 0 Å². The van der Waals surface area contributed by atoms with Gasteiger partial charge in [0, 0.05) is 18.9 Å². The number of rotatable bonds is 6. The summed E-state index contributed by atoms with van der Waals surface area (Å²) in [5, 5.41) is 2.82. The van der Waals surface area contributed by atoms with Crippen molar-refractivity contribution < 1.29 is 14.3 Å². The van der Waals surface area contributed by atoms with E-state index in [1.807, 2.05) is 24.3 Å². The Bertz CT molecular complexity index is 691. The molecule has 2 rings (SSSR count). The number of benzene rings is 1. The molecule has 0 saturated carbocycles. The van der Waals surface area contributed by atoms with E-state index in [1.54, 1.807) is 29.9 Å². The fraction of sp³-hybridized carbons (Fsp3) is 0.333. The van der Waals surface area contributed by atoms with Crippen molar-refractivity contribution in [1.82, 2.24) is 4.57 Å². The Kier molecular flexibility index (Phi) is 5.57. The summed E-state index contributed by atoms with van der Waals surface area (Å²) >= 11 is 0. The molecule has 1 N–H and O–H groups in total. The maximum atomic E-state index is 12.0. The zero-order valence-corrected chi connectivity index (χ0v) is 13.7. The van der Waals surface area contributed by atoms with Gasteiger partial charge < -0.3 is 14.6 Å². The SMILES string of the molecule is CC[C@H](C)c1ccccc1NC(=O)COC(=O)c1cccn1C. The molecule has 2 aromatic rings. The Morgan fingerprint density at radius 2 is 1.96 bits per heavy atom. The number of carbonyl (C=O) groups is 2. The number of anilines is 1. The van der Waals surface area contributed by atoms with Gasteiger partial charge in [-0.15, -0.1) is 0 Å². The lowest BCUT2D eigenvalue weighted by atomic mass is 9.97. The number of hydrogen-bond donors (Lipinski definition) is 1. The van der Waals surface area contributed by atoms with Gasteiger partial charge in [-0.25, -0.2) is 4.79 Å². The van der Waals surface area contributed by atoms with Gasteiger partial charge in [-0.1, -0.05) is 32.0 Å². The normalized spacial score (nSPS) is 11.8. The predicted octanol–water partition coefficient (Wildman–Crippen LogP) is 3.33. The minimum absolute atomic E-state index is 0.307. The van der Waals surface area contributed by atoms with Crippen LogP contribution in [0.1, 0.15) is 42.2 Å². The van der Waals surface area contributed by atoms with Crippen molar-refractivity contribution in [1.29, 1.82) is 0 Å². The van der Waals surface area contributed by atoms with E-state index in [4.69, 9.17) is 4.74 Å². The number of hydrogen-bond acceptors (Lipinski definition) is 3. The van der Waals surface area contributed by atoms with Crippen LogP contribution in [0.25, 0.3) is 0 Å². The van der Waals surface area contributed by atoms with Crippen molar-refractivity contribution in [3.63, 3.8) is 0 Å². The molecule has 1 amide bonds. The summed E-state index contributed by atoms with van der Waals surface area (Å²) in [6, 6.07) is 11.1. The molecule has 0 aliphatic carbocycles. The lowest BCUT2D eigenvalue weighted by Gasteiger charge is -2.15. The minimum Gasteiger partial charge on any atom is -0.451 e. The van der Waals surface area contributed by atoms with Gasteiger partial charge in [0.1, 0.15) is 5.69 Å². The maximum absolute atomic E-state index is 12.0. The van der Waals surface area contributed by atoms with Crippen molar-refractivity contribution in [2.75, 3.05) is 11.9 Å². The summed E-state index contributed by atoms with van der Waals surface area (Å²) in [5.74, 6) is -0.511. The first-order valence-corrected chi connectivity index (χ1v) is 7.70. The predicted molar refractivity (Wildman–Crippen MR) is 89.5 cm³/mol. The molecule has 0 radical (unpaired) electrons. The number of amides is 1. The molecule has 5 heteroatoms. The van der Waals surface area contributed by atoms with Gasteiger partial charge in [-0.2, -0.15) is 0 Å². The molecule has 0 unspecified atom stereocenters. The quantitative estimate of drug-likeness (QED) is 0.832. The van der Waals surface area contributed by atoms with Crippen molar-refractivity contribution in [2.45, 2.75) is 26.2 Å². The van der Waals surface area contributed by atoms with E-state index in [2.05, 4.69) is 19.2 Å². The van der Waals surface area contributed by atoms with Crippen LogP contribution < -0.4 is 5.32 Å². The smallest absolute Gasteiger partial charge is 0.355 e. The van der Waals surface area contributed by atoms with Crippen LogP contribution in [0, 0.1) is 0 Å². The number of aromatic nitrogens is 1. The molecule has 1 heterocycles. The summed E-state index contributed by atoms with van der Waals surface area (Å²) < 4.78 is 6.71. The fourth-order valence-corrected chi connectivity index (χ4v) is 2.32. The van der Waals surface area contributed by atoms with Crippen LogP contribution >= 0.6 is 0 Å². The molecular weight excluding hydrogens is 292 g/mol. The summed E-state index contributed by atoms with van der Waals surface area (Å²) in [6.45, 7) is 3.91. The Morgan fingerprint density at radius 3 is 2.61 bits per heavy atom. The number of para-hydroxylation sites is 1. The Morgan fingerprint density at radius 1 is 1.22 bits per heavy atom. The summed E-state index contributed by atoms with van der Waals surface area (Å²) in [5.41, 5.74) is 2.26. The molecule has 0 aliphatic rings. The minimum atomic E-state index is -0.511. The standard InChI is InChI=1S/C18H22N2O3/c1-4-13(2)14-8-5-6-9-15(14)19-17(21)12-23-18(22)16-10-7-11-20(16)3/h5-11,13H,4,12H2,1-3H3,(H,19,21)/t13-/m0/s1. The van der Waals surface area contributed by atoms with E-state index >= 15 is 0 Å². The van der Waals surface area contributed by atoms with E-state index in [0.29, 0.717) is 11.6 Å². The lowest BCUT2D eigenvalue weighted by Crippen LogP contribution is -2.22. The maximum Gasteiger partial charge on any atom is 0.355 e. The summed E-state index contributed by atoms with van der Waals surface area (Å²) in [7, 11) is 1.75.